The van der Waals surface area contributed by atoms with Gasteiger partial charge in [-0.1, -0.05) is 15.9 Å². The molecule has 1 aliphatic heterocycles. The van der Waals surface area contributed by atoms with Gasteiger partial charge in [-0.25, -0.2) is 0 Å². The lowest BCUT2D eigenvalue weighted by atomic mass is 9.98. The fourth-order valence-electron chi connectivity index (χ4n) is 1.83. The second-order valence-corrected chi connectivity index (χ2v) is 4.65. The molecule has 90 valence electrons. The Morgan fingerprint density at radius 3 is 3.12 bits per heavy atom. The van der Waals surface area contributed by atoms with Gasteiger partial charge in [0.15, 0.2) is 0 Å². The highest BCUT2D eigenvalue weighted by atomic mass is 79.9. The van der Waals surface area contributed by atoms with Crippen LogP contribution in [0.25, 0.3) is 6.08 Å². The highest BCUT2D eigenvalue weighted by molar-refractivity contribution is 9.10. The summed E-state index contributed by atoms with van der Waals surface area (Å²) in [4.78, 5) is 11.7. The van der Waals surface area contributed by atoms with Crippen LogP contribution < -0.4 is 5.32 Å². The second-order valence-electron chi connectivity index (χ2n) is 3.79. The van der Waals surface area contributed by atoms with Crippen molar-refractivity contribution >= 4 is 27.9 Å². The Kier molecular flexibility index (Phi) is 3.84. The van der Waals surface area contributed by atoms with Gasteiger partial charge in [0.2, 0.25) is 0 Å². The number of hydrogen-bond donors (Lipinski definition) is 1. The molecule has 0 aromatic heterocycles. The SMILES string of the molecule is CCO/C=C/c1cc(Br)c2c(c1)C(=O)NCC2. The minimum absolute atomic E-state index is 0.00129. The van der Waals surface area contributed by atoms with E-state index in [0.29, 0.717) is 13.2 Å². The number of nitrogens with one attached hydrogen (secondary N) is 1. The van der Waals surface area contributed by atoms with Gasteiger partial charge in [0.05, 0.1) is 12.9 Å². The van der Waals surface area contributed by atoms with Gasteiger partial charge in [0, 0.05) is 16.6 Å². The Hall–Kier alpha value is -1.29. The number of benzene rings is 1. The largest absolute Gasteiger partial charge is 0.501 e. The van der Waals surface area contributed by atoms with Gasteiger partial charge in [-0.05, 0) is 42.7 Å². The highest BCUT2D eigenvalue weighted by Crippen LogP contribution is 2.26. The van der Waals surface area contributed by atoms with Gasteiger partial charge in [0.1, 0.15) is 0 Å². The average Bonchev–Trinajstić information content (AvgIpc) is 2.31. The monoisotopic (exact) mass is 295 g/mol. The quantitative estimate of drug-likeness (QED) is 0.871. The topological polar surface area (TPSA) is 38.3 Å². The molecule has 0 radical (unpaired) electrons. The maximum Gasteiger partial charge on any atom is 0.251 e. The summed E-state index contributed by atoms with van der Waals surface area (Å²) in [7, 11) is 0. The van der Waals surface area contributed by atoms with Crippen LogP contribution in [0.4, 0.5) is 0 Å². The van der Waals surface area contributed by atoms with E-state index in [4.69, 9.17) is 4.74 Å². The van der Waals surface area contributed by atoms with Crippen LogP contribution in [0.2, 0.25) is 0 Å². The summed E-state index contributed by atoms with van der Waals surface area (Å²) < 4.78 is 6.14. The molecule has 3 nitrogen and oxygen atoms in total. The van der Waals surface area contributed by atoms with Gasteiger partial charge in [-0.15, -0.1) is 0 Å². The molecule has 1 amide bonds. The van der Waals surface area contributed by atoms with Crippen LogP contribution in [-0.2, 0) is 11.2 Å². The lowest BCUT2D eigenvalue weighted by Gasteiger charge is -2.18. The van der Waals surface area contributed by atoms with Crippen molar-refractivity contribution in [3.05, 3.63) is 39.6 Å². The molecule has 0 saturated carbocycles. The standard InChI is InChI=1S/C13H14BrNO2/c1-2-17-6-4-9-7-11-10(12(14)8-9)3-5-15-13(11)16/h4,6-8H,2-3,5H2,1H3,(H,15,16)/b6-4+. The van der Waals surface area contributed by atoms with Gasteiger partial charge < -0.3 is 10.1 Å². The summed E-state index contributed by atoms with van der Waals surface area (Å²) in [5.74, 6) is -0.00129. The smallest absolute Gasteiger partial charge is 0.251 e. The second kappa shape index (κ2) is 5.36. The molecule has 1 N–H and O–H groups in total. The number of rotatable bonds is 3. The number of ether oxygens (including phenoxy) is 1. The predicted molar refractivity (Wildman–Crippen MR) is 70.8 cm³/mol. The molecule has 4 heteroatoms. The third kappa shape index (κ3) is 2.69. The van der Waals surface area contributed by atoms with Crippen LogP contribution in [0.15, 0.2) is 22.9 Å². The number of carbonyl (C=O) groups is 1. The Morgan fingerprint density at radius 1 is 1.53 bits per heavy atom. The summed E-state index contributed by atoms with van der Waals surface area (Å²) >= 11 is 3.51. The lowest BCUT2D eigenvalue weighted by molar-refractivity contribution is 0.0946. The number of fused-ring (bicyclic) bond motifs is 1. The van der Waals surface area contributed by atoms with E-state index in [-0.39, 0.29) is 5.91 Å². The molecule has 0 spiro atoms. The molecule has 2 rings (SSSR count). The molecule has 17 heavy (non-hydrogen) atoms. The van der Waals surface area contributed by atoms with Crippen LogP contribution >= 0.6 is 15.9 Å². The Bertz CT molecular complexity index is 469. The zero-order chi connectivity index (χ0) is 12.3. The minimum atomic E-state index is -0.00129. The number of amides is 1. The van der Waals surface area contributed by atoms with Crippen LogP contribution in [0, 0.1) is 0 Å². The van der Waals surface area contributed by atoms with E-state index in [1.54, 1.807) is 6.26 Å². The van der Waals surface area contributed by atoms with Crippen LogP contribution in [-0.4, -0.2) is 19.1 Å². The van der Waals surface area contributed by atoms with E-state index in [1.807, 2.05) is 25.1 Å². The first-order valence-electron chi connectivity index (χ1n) is 5.61. The van der Waals surface area contributed by atoms with Crippen molar-refractivity contribution in [1.82, 2.24) is 5.32 Å². The van der Waals surface area contributed by atoms with Crippen molar-refractivity contribution in [3.63, 3.8) is 0 Å². The Morgan fingerprint density at radius 2 is 2.35 bits per heavy atom. The van der Waals surface area contributed by atoms with Crippen molar-refractivity contribution in [3.8, 4) is 0 Å². The first-order valence-corrected chi connectivity index (χ1v) is 6.40. The molecule has 0 aliphatic carbocycles. The van der Waals surface area contributed by atoms with Crippen LogP contribution in [0.3, 0.4) is 0 Å². The van der Waals surface area contributed by atoms with Crippen LogP contribution in [0.1, 0.15) is 28.4 Å². The molecule has 1 aliphatic rings. The molecule has 1 heterocycles. The Labute approximate surface area is 109 Å². The van der Waals surface area contributed by atoms with Gasteiger partial charge in [0.25, 0.3) is 5.91 Å². The van der Waals surface area contributed by atoms with E-state index < -0.39 is 0 Å². The van der Waals surface area contributed by atoms with Crippen molar-refractivity contribution in [2.45, 2.75) is 13.3 Å². The summed E-state index contributed by atoms with van der Waals surface area (Å²) in [6, 6.07) is 3.90. The van der Waals surface area contributed by atoms with Crippen molar-refractivity contribution in [1.29, 1.82) is 0 Å². The molecule has 0 atom stereocenters. The average molecular weight is 296 g/mol. The molecule has 0 unspecified atom stereocenters. The zero-order valence-electron chi connectivity index (χ0n) is 9.63. The van der Waals surface area contributed by atoms with Crippen molar-refractivity contribution < 1.29 is 9.53 Å². The summed E-state index contributed by atoms with van der Waals surface area (Å²) in [6.45, 7) is 3.28. The molecule has 0 fully saturated rings. The maximum atomic E-state index is 11.7. The van der Waals surface area contributed by atoms with Crippen molar-refractivity contribution in [2.75, 3.05) is 13.2 Å². The summed E-state index contributed by atoms with van der Waals surface area (Å²) in [5.41, 5.74) is 2.80. The van der Waals surface area contributed by atoms with E-state index in [9.17, 15) is 4.79 Å². The van der Waals surface area contributed by atoms with Gasteiger partial charge >= 0.3 is 0 Å². The molecule has 0 saturated heterocycles. The molecular weight excluding hydrogens is 282 g/mol. The predicted octanol–water partition coefficient (Wildman–Crippen LogP) is 2.74. The number of halogens is 1. The third-order valence-corrected chi connectivity index (χ3v) is 3.35. The van der Waals surface area contributed by atoms with Gasteiger partial charge in [-0.2, -0.15) is 0 Å². The molecular formula is C13H14BrNO2. The van der Waals surface area contributed by atoms with E-state index in [1.165, 1.54) is 0 Å². The zero-order valence-corrected chi connectivity index (χ0v) is 11.2. The van der Waals surface area contributed by atoms with Gasteiger partial charge in [-0.3, -0.25) is 4.79 Å². The Balaban J connectivity index is 2.35. The summed E-state index contributed by atoms with van der Waals surface area (Å²) in [6.07, 6.45) is 4.38. The fourth-order valence-corrected chi connectivity index (χ4v) is 2.51. The molecule has 1 aromatic rings. The lowest BCUT2D eigenvalue weighted by Crippen LogP contribution is -2.32. The van der Waals surface area contributed by atoms with Crippen LogP contribution in [0.5, 0.6) is 0 Å². The maximum absolute atomic E-state index is 11.7. The number of carbonyl (C=O) groups excluding carboxylic acids is 1. The first kappa shape index (κ1) is 12.2. The van der Waals surface area contributed by atoms with E-state index >= 15 is 0 Å². The third-order valence-electron chi connectivity index (χ3n) is 2.65. The van der Waals surface area contributed by atoms with E-state index in [0.717, 1.165) is 27.6 Å². The van der Waals surface area contributed by atoms with Crippen molar-refractivity contribution in [2.24, 2.45) is 0 Å². The molecule has 0 bridgehead atoms. The van der Waals surface area contributed by atoms with E-state index in [2.05, 4.69) is 21.2 Å². The first-order chi connectivity index (χ1) is 8.22. The minimum Gasteiger partial charge on any atom is -0.501 e. The summed E-state index contributed by atoms with van der Waals surface area (Å²) in [5, 5.41) is 2.84. The fraction of sp³-hybridized carbons (Fsp3) is 0.308. The normalized spacial score (nSPS) is 14.6. The highest BCUT2D eigenvalue weighted by Gasteiger charge is 2.19. The molecule has 1 aromatic carbocycles. The number of hydrogen-bond acceptors (Lipinski definition) is 2.